The van der Waals surface area contributed by atoms with Crippen LogP contribution in [0, 0.1) is 0 Å². The fraction of sp³-hybridized carbons (Fsp3) is 0.667. The number of hydrogen-bond donors (Lipinski definition) is 0. The van der Waals surface area contributed by atoms with Gasteiger partial charge in [-0.3, -0.25) is 4.90 Å². The van der Waals surface area contributed by atoms with Gasteiger partial charge in [0.25, 0.3) is 0 Å². The van der Waals surface area contributed by atoms with Crippen LogP contribution in [0.15, 0.2) is 12.1 Å². The maximum atomic E-state index is 5.70. The summed E-state index contributed by atoms with van der Waals surface area (Å²) in [7, 11) is 0. The van der Waals surface area contributed by atoms with Crippen LogP contribution >= 0.6 is 11.6 Å². The van der Waals surface area contributed by atoms with Crippen molar-refractivity contribution in [3.63, 3.8) is 0 Å². The average molecular weight is 255 g/mol. The molecule has 0 amide bonds. The number of aromatic nitrogens is 2. The largest absolute Gasteiger partial charge is 0.352 e. The summed E-state index contributed by atoms with van der Waals surface area (Å²) in [6.45, 7) is 8.72. The zero-order valence-corrected chi connectivity index (χ0v) is 11.2. The number of alkyl halides is 1. The number of halogens is 1. The second kappa shape index (κ2) is 5.65. The second-order valence-corrected chi connectivity index (χ2v) is 4.71. The number of rotatable bonds is 3. The molecule has 1 aromatic rings. The van der Waals surface area contributed by atoms with Gasteiger partial charge in [-0.15, -0.1) is 16.7 Å². The summed E-state index contributed by atoms with van der Waals surface area (Å²) in [5.74, 6) is 1.38. The van der Waals surface area contributed by atoms with Gasteiger partial charge < -0.3 is 4.90 Å². The zero-order valence-electron chi connectivity index (χ0n) is 10.4. The Morgan fingerprint density at radius 2 is 2.18 bits per heavy atom. The van der Waals surface area contributed by atoms with Gasteiger partial charge in [-0.2, -0.15) is 5.10 Å². The van der Waals surface area contributed by atoms with Gasteiger partial charge in [-0.25, -0.2) is 0 Å². The topological polar surface area (TPSA) is 32.3 Å². The van der Waals surface area contributed by atoms with Crippen LogP contribution in [0.5, 0.6) is 0 Å². The number of nitrogens with zero attached hydrogens (tertiary/aromatic N) is 4. The normalized spacial score (nSPS) is 21.8. The lowest BCUT2D eigenvalue weighted by Crippen LogP contribution is -2.52. The lowest BCUT2D eigenvalue weighted by molar-refractivity contribution is 0.199. The van der Waals surface area contributed by atoms with E-state index in [-0.39, 0.29) is 0 Å². The third-order valence-electron chi connectivity index (χ3n) is 3.34. The van der Waals surface area contributed by atoms with Gasteiger partial charge in [-0.05, 0) is 25.6 Å². The molecule has 94 valence electrons. The molecule has 1 aliphatic rings. The molecule has 0 radical (unpaired) electrons. The van der Waals surface area contributed by atoms with Gasteiger partial charge in [0, 0.05) is 25.7 Å². The summed E-state index contributed by atoms with van der Waals surface area (Å²) in [5, 5.41) is 8.33. The highest BCUT2D eigenvalue weighted by Crippen LogP contribution is 2.16. The summed E-state index contributed by atoms with van der Waals surface area (Å²) >= 11 is 5.70. The summed E-state index contributed by atoms with van der Waals surface area (Å²) in [6.07, 6.45) is 0. The molecular formula is C12H19ClN4. The molecule has 2 heterocycles. The van der Waals surface area contributed by atoms with Gasteiger partial charge in [0.05, 0.1) is 11.6 Å². The molecule has 4 nitrogen and oxygen atoms in total. The lowest BCUT2D eigenvalue weighted by atomic mass is 10.2. The summed E-state index contributed by atoms with van der Waals surface area (Å²) in [5.41, 5.74) is 0.829. The first kappa shape index (κ1) is 12.6. The molecule has 0 aliphatic carbocycles. The van der Waals surface area contributed by atoms with Crippen molar-refractivity contribution in [1.29, 1.82) is 0 Å². The molecule has 1 fully saturated rings. The molecule has 5 heteroatoms. The Hall–Kier alpha value is -0.870. The minimum Gasteiger partial charge on any atom is -0.352 e. The minimum atomic E-state index is 0.424. The molecular weight excluding hydrogens is 236 g/mol. The Bertz CT molecular complexity index is 354. The molecule has 1 atom stereocenters. The Labute approximate surface area is 108 Å². The van der Waals surface area contributed by atoms with E-state index in [1.807, 2.05) is 12.1 Å². The first-order chi connectivity index (χ1) is 8.24. The molecule has 0 N–H and O–H groups in total. The predicted octanol–water partition coefficient (Wildman–Crippen LogP) is 1.75. The average Bonchev–Trinajstić information content (AvgIpc) is 2.39. The van der Waals surface area contributed by atoms with Gasteiger partial charge in [-0.1, -0.05) is 6.92 Å². The summed E-state index contributed by atoms with van der Waals surface area (Å²) < 4.78 is 0. The van der Waals surface area contributed by atoms with Crippen molar-refractivity contribution in [3.8, 4) is 0 Å². The van der Waals surface area contributed by atoms with Gasteiger partial charge >= 0.3 is 0 Å². The molecule has 0 saturated carbocycles. The highest BCUT2D eigenvalue weighted by atomic mass is 35.5. The Morgan fingerprint density at radius 1 is 1.35 bits per heavy atom. The SMILES string of the molecule is CCN1CCN(c2ccc(CCl)nn2)CC1C. The standard InChI is InChI=1S/C12H19ClN4/c1-3-16-6-7-17(9-10(16)2)12-5-4-11(8-13)14-15-12/h4-5,10H,3,6-9H2,1-2H3. The van der Waals surface area contributed by atoms with E-state index < -0.39 is 0 Å². The maximum Gasteiger partial charge on any atom is 0.151 e. The monoisotopic (exact) mass is 254 g/mol. The van der Waals surface area contributed by atoms with Gasteiger partial charge in [0.2, 0.25) is 0 Å². The Balaban J connectivity index is 2.03. The quantitative estimate of drug-likeness (QED) is 0.770. The zero-order chi connectivity index (χ0) is 12.3. The van der Waals surface area contributed by atoms with Crippen LogP contribution in [-0.4, -0.2) is 47.3 Å². The molecule has 1 aliphatic heterocycles. The van der Waals surface area contributed by atoms with Gasteiger partial charge in [0.1, 0.15) is 0 Å². The van der Waals surface area contributed by atoms with Crippen molar-refractivity contribution in [2.45, 2.75) is 25.8 Å². The molecule has 0 spiro atoms. The molecule has 17 heavy (non-hydrogen) atoms. The van der Waals surface area contributed by atoms with Crippen molar-refractivity contribution in [2.75, 3.05) is 31.1 Å². The minimum absolute atomic E-state index is 0.424. The third kappa shape index (κ3) is 2.87. The van der Waals surface area contributed by atoms with Crippen LogP contribution in [0.3, 0.4) is 0 Å². The van der Waals surface area contributed by atoms with Gasteiger partial charge in [0.15, 0.2) is 5.82 Å². The third-order valence-corrected chi connectivity index (χ3v) is 3.61. The van der Waals surface area contributed by atoms with E-state index in [9.17, 15) is 0 Å². The molecule has 1 unspecified atom stereocenters. The Morgan fingerprint density at radius 3 is 2.71 bits per heavy atom. The van der Waals surface area contributed by atoms with E-state index in [0.717, 1.165) is 37.7 Å². The van der Waals surface area contributed by atoms with E-state index in [1.165, 1.54) is 0 Å². The molecule has 0 aromatic carbocycles. The van der Waals surface area contributed by atoms with Crippen LogP contribution < -0.4 is 4.90 Å². The lowest BCUT2D eigenvalue weighted by Gasteiger charge is -2.39. The molecule has 2 rings (SSSR count). The first-order valence-corrected chi connectivity index (χ1v) is 6.65. The van der Waals surface area contributed by atoms with Crippen molar-refractivity contribution in [2.24, 2.45) is 0 Å². The smallest absolute Gasteiger partial charge is 0.151 e. The number of piperazine rings is 1. The van der Waals surface area contributed by atoms with E-state index in [4.69, 9.17) is 11.6 Å². The van der Waals surface area contributed by atoms with Crippen molar-refractivity contribution < 1.29 is 0 Å². The van der Waals surface area contributed by atoms with E-state index in [2.05, 4.69) is 33.8 Å². The fourth-order valence-corrected chi connectivity index (χ4v) is 2.41. The van der Waals surface area contributed by atoms with E-state index >= 15 is 0 Å². The van der Waals surface area contributed by atoms with Crippen LogP contribution in [0.25, 0.3) is 0 Å². The predicted molar refractivity (Wildman–Crippen MR) is 70.5 cm³/mol. The van der Waals surface area contributed by atoms with Crippen molar-refractivity contribution in [1.82, 2.24) is 15.1 Å². The summed E-state index contributed by atoms with van der Waals surface area (Å²) in [6, 6.07) is 4.54. The second-order valence-electron chi connectivity index (χ2n) is 4.44. The highest BCUT2D eigenvalue weighted by Gasteiger charge is 2.23. The number of hydrogen-bond acceptors (Lipinski definition) is 4. The van der Waals surface area contributed by atoms with Crippen molar-refractivity contribution in [3.05, 3.63) is 17.8 Å². The Kier molecular flexibility index (Phi) is 4.18. The van der Waals surface area contributed by atoms with Crippen LogP contribution in [0.2, 0.25) is 0 Å². The van der Waals surface area contributed by atoms with Crippen LogP contribution in [0.1, 0.15) is 19.5 Å². The van der Waals surface area contributed by atoms with E-state index in [0.29, 0.717) is 11.9 Å². The maximum absolute atomic E-state index is 5.70. The van der Waals surface area contributed by atoms with Crippen LogP contribution in [0.4, 0.5) is 5.82 Å². The molecule has 0 bridgehead atoms. The number of anilines is 1. The fourth-order valence-electron chi connectivity index (χ4n) is 2.27. The van der Waals surface area contributed by atoms with Crippen LogP contribution in [-0.2, 0) is 5.88 Å². The van der Waals surface area contributed by atoms with Crippen molar-refractivity contribution >= 4 is 17.4 Å². The molecule has 1 aromatic heterocycles. The molecule has 1 saturated heterocycles. The highest BCUT2D eigenvalue weighted by molar-refractivity contribution is 6.16. The summed E-state index contributed by atoms with van der Waals surface area (Å²) in [4.78, 5) is 4.78. The number of likely N-dealkylation sites (N-methyl/N-ethyl adjacent to an activating group) is 1. The first-order valence-electron chi connectivity index (χ1n) is 6.12. The van der Waals surface area contributed by atoms with E-state index in [1.54, 1.807) is 0 Å².